The zero-order chi connectivity index (χ0) is 11.4. The zero-order valence-electron chi connectivity index (χ0n) is 9.76. The minimum atomic E-state index is 0.575. The van der Waals surface area contributed by atoms with Crippen molar-refractivity contribution in [2.24, 2.45) is 10.9 Å². The average molecular weight is 242 g/mol. The van der Waals surface area contributed by atoms with E-state index >= 15 is 0 Å². The van der Waals surface area contributed by atoms with Crippen LogP contribution in [0.1, 0.15) is 12.0 Å². The SMILES string of the molecule is CSc1ccc2c(c1)N=C1C3C=CC(C3)N1C2. The second-order valence-corrected chi connectivity index (χ2v) is 5.77. The van der Waals surface area contributed by atoms with Gasteiger partial charge in [-0.05, 0) is 30.4 Å². The Labute approximate surface area is 105 Å². The lowest BCUT2D eigenvalue weighted by atomic mass is 10.1. The molecule has 17 heavy (non-hydrogen) atoms. The minimum absolute atomic E-state index is 0.575. The van der Waals surface area contributed by atoms with E-state index in [4.69, 9.17) is 4.99 Å². The normalized spacial score (nSPS) is 28.1. The molecule has 2 atom stereocenters. The molecule has 0 saturated carbocycles. The molecule has 3 heteroatoms. The van der Waals surface area contributed by atoms with Gasteiger partial charge < -0.3 is 4.90 Å². The van der Waals surface area contributed by atoms with E-state index in [0.29, 0.717) is 12.0 Å². The highest BCUT2D eigenvalue weighted by Crippen LogP contribution is 2.41. The molecule has 2 heterocycles. The first-order valence-corrected chi connectivity index (χ1v) is 7.28. The van der Waals surface area contributed by atoms with Crippen molar-refractivity contribution in [3.05, 3.63) is 35.9 Å². The molecule has 3 aliphatic rings. The predicted molar refractivity (Wildman–Crippen MR) is 71.9 cm³/mol. The third kappa shape index (κ3) is 1.32. The molecule has 0 aromatic heterocycles. The van der Waals surface area contributed by atoms with Gasteiger partial charge in [0, 0.05) is 23.4 Å². The first kappa shape index (κ1) is 9.77. The average Bonchev–Trinajstić information content (AvgIpc) is 2.97. The fourth-order valence-electron chi connectivity index (χ4n) is 3.05. The second-order valence-electron chi connectivity index (χ2n) is 4.89. The molecule has 1 fully saturated rings. The van der Waals surface area contributed by atoms with Gasteiger partial charge in [0.15, 0.2) is 0 Å². The van der Waals surface area contributed by atoms with Crippen LogP contribution in [0.2, 0.25) is 0 Å². The molecular formula is C14H14N2S. The maximum Gasteiger partial charge on any atom is 0.113 e. The molecule has 0 spiro atoms. The molecular weight excluding hydrogens is 228 g/mol. The monoisotopic (exact) mass is 242 g/mol. The van der Waals surface area contributed by atoms with Gasteiger partial charge in [-0.2, -0.15) is 0 Å². The number of thioether (sulfide) groups is 1. The number of benzene rings is 1. The van der Waals surface area contributed by atoms with Gasteiger partial charge in [0.1, 0.15) is 5.84 Å². The fourth-order valence-corrected chi connectivity index (χ4v) is 3.48. The lowest BCUT2D eigenvalue weighted by Gasteiger charge is -2.31. The Bertz CT molecular complexity index is 547. The molecule has 2 nitrogen and oxygen atoms in total. The van der Waals surface area contributed by atoms with Crippen LogP contribution >= 0.6 is 11.8 Å². The molecule has 4 rings (SSSR count). The highest BCUT2D eigenvalue weighted by molar-refractivity contribution is 7.98. The summed E-state index contributed by atoms with van der Waals surface area (Å²) in [6, 6.07) is 7.26. The van der Waals surface area contributed by atoms with Crippen molar-refractivity contribution in [2.45, 2.75) is 23.9 Å². The van der Waals surface area contributed by atoms with Crippen LogP contribution in [-0.2, 0) is 6.54 Å². The maximum atomic E-state index is 4.88. The van der Waals surface area contributed by atoms with Crippen LogP contribution < -0.4 is 0 Å². The number of amidine groups is 1. The number of nitrogens with zero attached hydrogens (tertiary/aromatic N) is 2. The van der Waals surface area contributed by atoms with Crippen molar-refractivity contribution >= 4 is 23.3 Å². The largest absolute Gasteiger partial charge is 0.349 e. The zero-order valence-corrected chi connectivity index (χ0v) is 10.6. The van der Waals surface area contributed by atoms with Crippen LogP contribution in [0.4, 0.5) is 5.69 Å². The lowest BCUT2D eigenvalue weighted by molar-refractivity contribution is 0.377. The molecule has 0 N–H and O–H groups in total. The summed E-state index contributed by atoms with van der Waals surface area (Å²) in [4.78, 5) is 8.65. The maximum absolute atomic E-state index is 4.88. The third-order valence-electron chi connectivity index (χ3n) is 3.96. The Morgan fingerprint density at radius 1 is 1.35 bits per heavy atom. The molecule has 1 aliphatic carbocycles. The molecule has 2 aliphatic heterocycles. The topological polar surface area (TPSA) is 15.6 Å². The number of hydrogen-bond donors (Lipinski definition) is 0. The van der Waals surface area contributed by atoms with Gasteiger partial charge >= 0.3 is 0 Å². The molecule has 2 bridgehead atoms. The van der Waals surface area contributed by atoms with Crippen molar-refractivity contribution < 1.29 is 0 Å². The van der Waals surface area contributed by atoms with E-state index in [-0.39, 0.29) is 0 Å². The minimum Gasteiger partial charge on any atom is -0.349 e. The summed E-state index contributed by atoms with van der Waals surface area (Å²) < 4.78 is 0. The Kier molecular flexibility index (Phi) is 1.95. The molecule has 1 aromatic rings. The molecule has 0 amide bonds. The van der Waals surface area contributed by atoms with Gasteiger partial charge in [-0.25, -0.2) is 4.99 Å². The smallest absolute Gasteiger partial charge is 0.113 e. The second kappa shape index (κ2) is 3.39. The third-order valence-corrected chi connectivity index (χ3v) is 4.68. The molecule has 1 aromatic carbocycles. The van der Waals surface area contributed by atoms with Crippen LogP contribution in [-0.4, -0.2) is 23.0 Å². The first-order valence-electron chi connectivity index (χ1n) is 6.05. The predicted octanol–water partition coefficient (Wildman–Crippen LogP) is 3.21. The Balaban J connectivity index is 1.82. The Morgan fingerprint density at radius 2 is 2.29 bits per heavy atom. The van der Waals surface area contributed by atoms with E-state index in [1.807, 2.05) is 0 Å². The summed E-state index contributed by atoms with van der Waals surface area (Å²) in [5.41, 5.74) is 2.55. The first-order chi connectivity index (χ1) is 8.35. The Morgan fingerprint density at radius 3 is 3.18 bits per heavy atom. The quantitative estimate of drug-likeness (QED) is 0.555. The van der Waals surface area contributed by atoms with E-state index < -0.39 is 0 Å². The van der Waals surface area contributed by atoms with Crippen molar-refractivity contribution in [3.63, 3.8) is 0 Å². The van der Waals surface area contributed by atoms with Crippen LogP contribution in [0.5, 0.6) is 0 Å². The van der Waals surface area contributed by atoms with Gasteiger partial charge in [-0.15, -0.1) is 11.8 Å². The van der Waals surface area contributed by atoms with Crippen LogP contribution in [0.3, 0.4) is 0 Å². The fraction of sp³-hybridized carbons (Fsp3) is 0.357. The van der Waals surface area contributed by atoms with E-state index in [0.717, 1.165) is 6.54 Å². The standard InChI is InChI=1S/C14H14N2S/c1-17-12-5-3-10-8-16-11-4-2-9(6-11)14(16)15-13(10)7-12/h2-5,7,9,11H,6,8H2,1H3. The van der Waals surface area contributed by atoms with Gasteiger partial charge in [0.05, 0.1) is 5.69 Å². The van der Waals surface area contributed by atoms with E-state index in [2.05, 4.69) is 41.5 Å². The summed E-state index contributed by atoms with van der Waals surface area (Å²) in [6.07, 6.45) is 8.01. The highest BCUT2D eigenvalue weighted by Gasteiger charge is 2.40. The van der Waals surface area contributed by atoms with Crippen molar-refractivity contribution in [1.82, 2.24) is 4.90 Å². The highest BCUT2D eigenvalue weighted by atomic mass is 32.2. The van der Waals surface area contributed by atoms with Crippen molar-refractivity contribution in [3.8, 4) is 0 Å². The lowest BCUT2D eigenvalue weighted by Crippen LogP contribution is -2.36. The molecule has 0 radical (unpaired) electrons. The van der Waals surface area contributed by atoms with E-state index in [1.54, 1.807) is 11.8 Å². The molecule has 2 unspecified atom stereocenters. The number of hydrogen-bond acceptors (Lipinski definition) is 3. The van der Waals surface area contributed by atoms with Gasteiger partial charge in [0.2, 0.25) is 0 Å². The van der Waals surface area contributed by atoms with Crippen molar-refractivity contribution in [1.29, 1.82) is 0 Å². The number of fused-ring (bicyclic) bond motifs is 6. The van der Waals surface area contributed by atoms with Crippen molar-refractivity contribution in [2.75, 3.05) is 6.26 Å². The molecule has 86 valence electrons. The summed E-state index contributed by atoms with van der Waals surface area (Å²) in [5.74, 6) is 1.87. The van der Waals surface area contributed by atoms with E-state index in [1.165, 1.54) is 28.4 Å². The van der Waals surface area contributed by atoms with Crippen LogP contribution in [0, 0.1) is 5.92 Å². The van der Waals surface area contributed by atoms with Crippen LogP contribution in [0.25, 0.3) is 0 Å². The van der Waals surface area contributed by atoms with Crippen LogP contribution in [0.15, 0.2) is 40.2 Å². The summed E-state index contributed by atoms with van der Waals surface area (Å²) in [7, 11) is 0. The van der Waals surface area contributed by atoms with Gasteiger partial charge in [-0.3, -0.25) is 0 Å². The summed E-state index contributed by atoms with van der Waals surface area (Å²) in [6.45, 7) is 1.04. The van der Waals surface area contributed by atoms with Gasteiger partial charge in [0.25, 0.3) is 0 Å². The van der Waals surface area contributed by atoms with Gasteiger partial charge in [-0.1, -0.05) is 18.2 Å². The molecule has 1 saturated heterocycles. The summed E-state index contributed by atoms with van der Waals surface area (Å²) in [5, 5.41) is 0. The number of rotatable bonds is 1. The summed E-state index contributed by atoms with van der Waals surface area (Å²) >= 11 is 1.79. The number of aliphatic imine (C=N–C) groups is 1. The van der Waals surface area contributed by atoms with E-state index in [9.17, 15) is 0 Å². The Hall–Kier alpha value is -1.22.